The number of aromatic nitrogens is 2. The molecule has 35 heavy (non-hydrogen) atoms. The van der Waals surface area contributed by atoms with Gasteiger partial charge in [-0.05, 0) is 36.2 Å². The SMILES string of the molecule is C#Cc1cnc2c(Cl)cc(N[C@H](C3=CNNN3)c3cccnc3)cc2c1N[C@H](C)c1ccccc1. The maximum atomic E-state index is 6.72. The van der Waals surface area contributed by atoms with Crippen LogP contribution in [0.4, 0.5) is 11.4 Å². The van der Waals surface area contributed by atoms with Crippen molar-refractivity contribution in [2.45, 2.75) is 19.0 Å². The molecule has 2 atom stereocenters. The van der Waals surface area contributed by atoms with Crippen molar-refractivity contribution in [2.24, 2.45) is 0 Å². The third kappa shape index (κ3) is 4.71. The molecule has 0 radical (unpaired) electrons. The maximum Gasteiger partial charge on any atom is 0.0959 e. The number of nitrogens with zero attached hydrogens (tertiary/aromatic N) is 2. The summed E-state index contributed by atoms with van der Waals surface area (Å²) in [6.07, 6.45) is 13.0. The largest absolute Gasteiger partial charge is 0.377 e. The second-order valence-corrected chi connectivity index (χ2v) is 8.59. The van der Waals surface area contributed by atoms with E-state index in [2.05, 4.69) is 62.0 Å². The molecule has 2 aromatic heterocycles. The molecule has 0 saturated heterocycles. The van der Waals surface area contributed by atoms with Crippen LogP contribution in [-0.4, -0.2) is 9.97 Å². The first-order valence-corrected chi connectivity index (χ1v) is 11.5. The van der Waals surface area contributed by atoms with Gasteiger partial charge in [-0.25, -0.2) is 0 Å². The Labute approximate surface area is 209 Å². The number of halogens is 1. The first-order valence-electron chi connectivity index (χ1n) is 11.2. The lowest BCUT2D eigenvalue weighted by atomic mass is 10.0. The summed E-state index contributed by atoms with van der Waals surface area (Å²) in [7, 11) is 0. The highest BCUT2D eigenvalue weighted by molar-refractivity contribution is 6.35. The van der Waals surface area contributed by atoms with Gasteiger partial charge in [-0.1, -0.05) is 53.9 Å². The van der Waals surface area contributed by atoms with E-state index in [0.717, 1.165) is 33.6 Å². The van der Waals surface area contributed by atoms with Crippen LogP contribution in [0.5, 0.6) is 0 Å². The third-order valence-electron chi connectivity index (χ3n) is 5.89. The van der Waals surface area contributed by atoms with Crippen molar-refractivity contribution in [2.75, 3.05) is 10.6 Å². The molecular formula is C27H24ClN7. The molecule has 0 fully saturated rings. The minimum atomic E-state index is -0.205. The number of rotatable bonds is 7. The Morgan fingerprint density at radius 2 is 1.86 bits per heavy atom. The Morgan fingerprint density at radius 3 is 2.57 bits per heavy atom. The molecule has 7 nitrogen and oxygen atoms in total. The van der Waals surface area contributed by atoms with E-state index in [9.17, 15) is 0 Å². The highest BCUT2D eigenvalue weighted by Gasteiger charge is 2.21. The Hall–Kier alpha value is -4.25. The molecule has 8 heteroatoms. The zero-order valence-corrected chi connectivity index (χ0v) is 19.8. The first-order chi connectivity index (χ1) is 17.1. The zero-order valence-electron chi connectivity index (χ0n) is 19.0. The van der Waals surface area contributed by atoms with E-state index in [0.29, 0.717) is 16.1 Å². The van der Waals surface area contributed by atoms with Crippen molar-refractivity contribution in [1.82, 2.24) is 26.4 Å². The van der Waals surface area contributed by atoms with Gasteiger partial charge in [0.05, 0.1) is 33.5 Å². The van der Waals surface area contributed by atoms with E-state index in [1.165, 1.54) is 0 Å². The van der Waals surface area contributed by atoms with Crippen LogP contribution in [0.2, 0.25) is 5.02 Å². The second kappa shape index (κ2) is 9.94. The van der Waals surface area contributed by atoms with Crippen LogP contribution in [-0.2, 0) is 0 Å². The third-order valence-corrected chi connectivity index (χ3v) is 6.18. The van der Waals surface area contributed by atoms with Crippen LogP contribution in [0.1, 0.15) is 35.7 Å². The van der Waals surface area contributed by atoms with E-state index in [-0.39, 0.29) is 12.1 Å². The van der Waals surface area contributed by atoms with E-state index in [4.69, 9.17) is 18.0 Å². The van der Waals surface area contributed by atoms with Crippen molar-refractivity contribution in [3.8, 4) is 12.3 Å². The molecule has 0 aliphatic carbocycles. The van der Waals surface area contributed by atoms with Crippen molar-refractivity contribution in [3.63, 3.8) is 0 Å². The summed E-state index contributed by atoms with van der Waals surface area (Å²) in [5.41, 5.74) is 15.0. The fourth-order valence-electron chi connectivity index (χ4n) is 4.12. The molecule has 5 rings (SSSR count). The molecule has 4 aromatic rings. The minimum Gasteiger partial charge on any atom is -0.377 e. The fraction of sp³-hybridized carbons (Fsp3) is 0.111. The van der Waals surface area contributed by atoms with Gasteiger partial charge < -0.3 is 21.5 Å². The highest BCUT2D eigenvalue weighted by Crippen LogP contribution is 2.36. The van der Waals surface area contributed by atoms with Gasteiger partial charge in [-0.15, -0.1) is 6.42 Å². The minimum absolute atomic E-state index is 0.0254. The van der Waals surface area contributed by atoms with Gasteiger partial charge in [0, 0.05) is 41.9 Å². The number of pyridine rings is 2. The molecule has 5 N–H and O–H groups in total. The maximum absolute atomic E-state index is 6.72. The molecule has 0 unspecified atom stereocenters. The van der Waals surface area contributed by atoms with E-state index < -0.39 is 0 Å². The summed E-state index contributed by atoms with van der Waals surface area (Å²) < 4.78 is 0. The van der Waals surface area contributed by atoms with Gasteiger partial charge in [0.1, 0.15) is 0 Å². The van der Waals surface area contributed by atoms with Gasteiger partial charge >= 0.3 is 0 Å². The topological polar surface area (TPSA) is 85.9 Å². The first kappa shape index (κ1) is 22.5. The summed E-state index contributed by atoms with van der Waals surface area (Å²) in [5.74, 6) is 2.76. The van der Waals surface area contributed by atoms with Gasteiger partial charge in [0.25, 0.3) is 0 Å². The molecule has 0 saturated carbocycles. The van der Waals surface area contributed by atoms with Crippen molar-refractivity contribution < 1.29 is 0 Å². The van der Waals surface area contributed by atoms with Crippen molar-refractivity contribution >= 4 is 33.9 Å². The number of hydrogen-bond donors (Lipinski definition) is 5. The van der Waals surface area contributed by atoms with E-state index in [1.807, 2.05) is 54.9 Å². The van der Waals surface area contributed by atoms with Crippen molar-refractivity contribution in [3.05, 3.63) is 107 Å². The number of hydrazine groups is 2. The summed E-state index contributed by atoms with van der Waals surface area (Å²) in [6, 6.07) is 17.8. The Morgan fingerprint density at radius 1 is 1.03 bits per heavy atom. The van der Waals surface area contributed by atoms with Gasteiger partial charge in [-0.3, -0.25) is 9.97 Å². The zero-order chi connectivity index (χ0) is 24.2. The number of benzene rings is 2. The van der Waals surface area contributed by atoms with Crippen LogP contribution in [0.15, 0.2) is 85.1 Å². The lowest BCUT2D eigenvalue weighted by molar-refractivity contribution is 0.583. The monoisotopic (exact) mass is 481 g/mol. The van der Waals surface area contributed by atoms with E-state index >= 15 is 0 Å². The molecule has 0 amide bonds. The summed E-state index contributed by atoms with van der Waals surface area (Å²) >= 11 is 6.72. The predicted molar refractivity (Wildman–Crippen MR) is 141 cm³/mol. The van der Waals surface area contributed by atoms with Gasteiger partial charge in [0.2, 0.25) is 0 Å². The second-order valence-electron chi connectivity index (χ2n) is 8.18. The molecule has 1 aliphatic heterocycles. The highest BCUT2D eigenvalue weighted by atomic mass is 35.5. The van der Waals surface area contributed by atoms with Crippen LogP contribution in [0.3, 0.4) is 0 Å². The number of hydrogen-bond acceptors (Lipinski definition) is 7. The predicted octanol–water partition coefficient (Wildman–Crippen LogP) is 5.04. The summed E-state index contributed by atoms with van der Waals surface area (Å²) in [5, 5.41) is 8.54. The van der Waals surface area contributed by atoms with Gasteiger partial charge in [-0.2, -0.15) is 5.53 Å². The molecular weight excluding hydrogens is 458 g/mol. The van der Waals surface area contributed by atoms with Crippen LogP contribution < -0.4 is 27.0 Å². The normalized spacial score (nSPS) is 14.3. The van der Waals surface area contributed by atoms with Crippen LogP contribution in [0, 0.1) is 12.3 Å². The molecule has 2 aromatic carbocycles. The molecule has 3 heterocycles. The number of terminal acetylenes is 1. The number of fused-ring (bicyclic) bond motifs is 1. The van der Waals surface area contributed by atoms with Crippen molar-refractivity contribution in [1.29, 1.82) is 0 Å². The Kier molecular flexibility index (Phi) is 6.40. The number of anilines is 2. The Balaban J connectivity index is 1.57. The number of nitrogens with one attached hydrogen (secondary N) is 5. The van der Waals surface area contributed by atoms with Crippen LogP contribution in [0.25, 0.3) is 10.9 Å². The molecule has 0 bridgehead atoms. The lowest BCUT2D eigenvalue weighted by Crippen LogP contribution is -2.33. The lowest BCUT2D eigenvalue weighted by Gasteiger charge is -2.23. The molecule has 1 aliphatic rings. The van der Waals surface area contributed by atoms with Crippen LogP contribution >= 0.6 is 11.6 Å². The smallest absolute Gasteiger partial charge is 0.0959 e. The molecule has 174 valence electrons. The Bertz CT molecular complexity index is 1410. The standard InChI is InChI=1S/C27H24ClN7/c1-3-18-15-30-27-22(25(18)32-17(2)19-8-5-4-6-9-19)12-21(13-23(27)28)33-26(24-16-31-35-34-24)20-10-7-11-29-14-20/h1,4-17,26,31,33-35H,2H3,(H,30,32)/t17-,26+/m1/s1. The summed E-state index contributed by atoms with van der Waals surface area (Å²) in [6.45, 7) is 2.10. The van der Waals surface area contributed by atoms with E-state index in [1.54, 1.807) is 12.4 Å². The summed E-state index contributed by atoms with van der Waals surface area (Å²) in [4.78, 5) is 8.83. The average molecular weight is 482 g/mol. The average Bonchev–Trinajstić information content (AvgIpc) is 3.43. The molecule has 0 spiro atoms. The fourth-order valence-corrected chi connectivity index (χ4v) is 4.39. The quantitative estimate of drug-likeness (QED) is 0.236. The van der Waals surface area contributed by atoms with Gasteiger partial charge in [0.15, 0.2) is 0 Å².